The number of amides is 2. The van der Waals surface area contributed by atoms with Crippen LogP contribution < -0.4 is 26.6 Å². The molecule has 0 saturated carbocycles. The van der Waals surface area contributed by atoms with E-state index in [0.717, 1.165) is 11.7 Å². The Morgan fingerprint density at radius 2 is 1.60 bits per heavy atom. The number of hydrogen-bond donors (Lipinski definition) is 3. The van der Waals surface area contributed by atoms with Gasteiger partial charge in [-0.15, -0.1) is 0 Å². The Bertz CT molecular complexity index is 2480. The number of fused-ring (bicyclic) bond motifs is 1. The van der Waals surface area contributed by atoms with E-state index in [0.29, 0.717) is 28.9 Å². The molecule has 2 heterocycles. The van der Waals surface area contributed by atoms with E-state index >= 15 is 8.78 Å². The lowest BCUT2D eigenvalue weighted by Crippen LogP contribution is -2.43. The highest BCUT2D eigenvalue weighted by Gasteiger charge is 2.27. The third kappa shape index (κ3) is 8.14. The molecule has 14 nitrogen and oxygen atoms in total. The summed E-state index contributed by atoms with van der Waals surface area (Å²) in [4.78, 5) is 67.7. The van der Waals surface area contributed by atoms with Crippen molar-refractivity contribution in [2.75, 3.05) is 17.1 Å². The summed E-state index contributed by atoms with van der Waals surface area (Å²) >= 11 is 0. The number of halogens is 2. The second-order valence-electron chi connectivity index (χ2n) is 12.9. The first-order chi connectivity index (χ1) is 24.9. The van der Waals surface area contributed by atoms with E-state index in [4.69, 9.17) is 4.74 Å². The lowest BCUT2D eigenvalue weighted by molar-refractivity contribution is -0.142. The lowest BCUT2D eigenvalue weighted by Gasteiger charge is -2.18. The molecule has 0 aliphatic carbocycles. The van der Waals surface area contributed by atoms with Gasteiger partial charge in [0.15, 0.2) is 0 Å². The van der Waals surface area contributed by atoms with Crippen molar-refractivity contribution in [2.24, 2.45) is 12.5 Å². The number of benzene rings is 3. The second kappa shape index (κ2) is 14.8. The number of hydrogen-bond acceptors (Lipinski definition) is 9. The zero-order valence-electron chi connectivity index (χ0n) is 29.1. The first kappa shape index (κ1) is 38.0. The number of rotatable bonds is 10. The summed E-state index contributed by atoms with van der Waals surface area (Å²) in [5, 5.41) is 5.22. The van der Waals surface area contributed by atoms with Crippen molar-refractivity contribution in [1.29, 1.82) is 0 Å². The quantitative estimate of drug-likeness (QED) is 0.179. The third-order valence-corrected chi connectivity index (χ3v) is 9.53. The number of aryl methyl sites for hydroxylation is 1. The van der Waals surface area contributed by atoms with E-state index in [1.165, 1.54) is 78.6 Å². The van der Waals surface area contributed by atoms with Crippen LogP contribution in [0.5, 0.6) is 0 Å². The average Bonchev–Trinajstić information content (AvgIpc) is 3.11. The fraction of sp³-hybridized carbons (Fsp3) is 0.222. The molecular weight excluding hydrogens is 714 g/mol. The largest absolute Gasteiger partial charge is 0.467 e. The van der Waals surface area contributed by atoms with Crippen molar-refractivity contribution in [3.8, 4) is 5.69 Å². The van der Waals surface area contributed by atoms with Crippen molar-refractivity contribution < 1.29 is 36.3 Å². The molecule has 17 heteroatoms. The van der Waals surface area contributed by atoms with Gasteiger partial charge >= 0.3 is 11.7 Å². The van der Waals surface area contributed by atoms with Crippen molar-refractivity contribution in [2.45, 2.75) is 38.1 Å². The molecule has 0 radical (unpaired) electrons. The molecule has 0 bridgehead atoms. The maximum absolute atomic E-state index is 15.2. The number of carbonyl (C=O) groups is 3. The number of esters is 1. The minimum atomic E-state index is -4.44. The summed E-state index contributed by atoms with van der Waals surface area (Å²) in [7, 11) is -1.87. The number of nitrogens with one attached hydrogen (secondary N) is 3. The predicted molar refractivity (Wildman–Crippen MR) is 191 cm³/mol. The van der Waals surface area contributed by atoms with Crippen molar-refractivity contribution >= 4 is 50.1 Å². The number of carbonyl (C=O) groups excluding carboxylic acids is 3. The maximum Gasteiger partial charge on any atom is 0.335 e. The SMILES string of the molecule is COC(=O)[C@H](Cc1ccc(-n2c(=O)c3ccncc3n(C)c2=O)cc1)NC(=O)c1cc(F)c(NS(=O)(=O)c2ccc(NC(=O)C(C)(C)C)cc2)cc1F. The molecule has 2 aromatic heterocycles. The smallest absolute Gasteiger partial charge is 0.335 e. The van der Waals surface area contributed by atoms with Gasteiger partial charge in [0.05, 0.1) is 46.0 Å². The first-order valence-corrected chi connectivity index (χ1v) is 17.4. The van der Waals surface area contributed by atoms with Crippen LogP contribution in [0.1, 0.15) is 36.7 Å². The maximum atomic E-state index is 15.2. The summed E-state index contributed by atoms with van der Waals surface area (Å²) in [6.45, 7) is 5.11. The number of nitrogens with zero attached hydrogens (tertiary/aromatic N) is 3. The molecule has 3 aromatic carbocycles. The van der Waals surface area contributed by atoms with Gasteiger partial charge in [0.1, 0.15) is 17.7 Å². The predicted octanol–water partition coefficient (Wildman–Crippen LogP) is 3.66. The molecule has 1 atom stereocenters. The fourth-order valence-electron chi connectivity index (χ4n) is 5.15. The summed E-state index contributed by atoms with van der Waals surface area (Å²) in [5.41, 5.74) is -2.15. The van der Waals surface area contributed by atoms with E-state index in [-0.39, 0.29) is 28.3 Å². The Morgan fingerprint density at radius 1 is 0.943 bits per heavy atom. The molecule has 2 amide bonds. The van der Waals surface area contributed by atoms with E-state index in [9.17, 15) is 32.4 Å². The standard InChI is InChI=1S/C36H34F2N6O8S/c1-36(2,3)34(48)40-21-8-12-23(13-9-21)53(50,51)42-28-18-26(37)25(17-27(28)38)31(45)41-29(33(47)52-5)16-20-6-10-22(11-7-20)44-32(46)24-14-15-39-19-30(24)43(4)35(44)49/h6-15,17-19,29,42H,16H2,1-5H3,(H,40,48)(H,41,45)/t29-/m0/s1. The minimum absolute atomic E-state index is 0.185. The zero-order chi connectivity index (χ0) is 38.8. The van der Waals surface area contributed by atoms with Gasteiger partial charge in [0.25, 0.3) is 21.5 Å². The number of ether oxygens (including phenoxy) is 1. The molecule has 276 valence electrons. The molecule has 0 spiro atoms. The van der Waals surface area contributed by atoms with Crippen LogP contribution in [0.25, 0.3) is 16.6 Å². The average molecular weight is 749 g/mol. The molecule has 0 fully saturated rings. The summed E-state index contributed by atoms with van der Waals surface area (Å²) in [6.07, 6.45) is 2.65. The van der Waals surface area contributed by atoms with Gasteiger partial charge in [-0.3, -0.25) is 28.7 Å². The molecular formula is C36H34F2N6O8S. The molecule has 0 saturated heterocycles. The molecule has 0 aliphatic heterocycles. The van der Waals surface area contributed by atoms with Crippen LogP contribution in [-0.4, -0.2) is 53.5 Å². The van der Waals surface area contributed by atoms with E-state index in [1.54, 1.807) is 20.8 Å². The molecule has 5 rings (SSSR count). The Balaban J connectivity index is 1.31. The summed E-state index contributed by atoms with van der Waals surface area (Å²) < 4.78 is 65.3. The highest BCUT2D eigenvalue weighted by Crippen LogP contribution is 2.25. The lowest BCUT2D eigenvalue weighted by atomic mass is 9.95. The zero-order valence-corrected chi connectivity index (χ0v) is 29.9. The second-order valence-corrected chi connectivity index (χ2v) is 14.6. The van der Waals surface area contributed by atoms with Crippen molar-refractivity contribution in [3.63, 3.8) is 0 Å². The van der Waals surface area contributed by atoms with Gasteiger partial charge in [0.2, 0.25) is 5.91 Å². The van der Waals surface area contributed by atoms with Gasteiger partial charge in [-0.1, -0.05) is 32.9 Å². The number of aromatic nitrogens is 3. The van der Waals surface area contributed by atoms with Gasteiger partial charge in [-0.25, -0.2) is 31.4 Å². The van der Waals surface area contributed by atoms with Gasteiger partial charge in [0, 0.05) is 36.8 Å². The minimum Gasteiger partial charge on any atom is -0.467 e. The Labute approximate surface area is 301 Å². The van der Waals surface area contributed by atoms with E-state index < -0.39 is 67.5 Å². The van der Waals surface area contributed by atoms with Gasteiger partial charge in [-0.2, -0.15) is 0 Å². The fourth-order valence-corrected chi connectivity index (χ4v) is 6.21. The molecule has 53 heavy (non-hydrogen) atoms. The van der Waals surface area contributed by atoms with Crippen LogP contribution >= 0.6 is 0 Å². The van der Waals surface area contributed by atoms with Crippen molar-refractivity contribution in [3.05, 3.63) is 123 Å². The van der Waals surface area contributed by atoms with Crippen LogP contribution in [0.4, 0.5) is 20.2 Å². The summed E-state index contributed by atoms with van der Waals surface area (Å²) in [5.74, 6) is -5.00. The topological polar surface area (TPSA) is 188 Å². The number of methoxy groups -OCH3 is 1. The van der Waals surface area contributed by atoms with Crippen LogP contribution in [0.3, 0.4) is 0 Å². The van der Waals surface area contributed by atoms with Crippen LogP contribution in [0.2, 0.25) is 0 Å². The van der Waals surface area contributed by atoms with Gasteiger partial charge < -0.3 is 15.4 Å². The highest BCUT2D eigenvalue weighted by atomic mass is 32.2. The number of pyridine rings is 1. The monoisotopic (exact) mass is 748 g/mol. The van der Waals surface area contributed by atoms with Crippen LogP contribution in [0, 0.1) is 17.0 Å². The Hall–Kier alpha value is -6.23. The van der Waals surface area contributed by atoms with E-state index in [1.807, 2.05) is 4.72 Å². The molecule has 3 N–H and O–H groups in total. The van der Waals surface area contributed by atoms with E-state index in [2.05, 4.69) is 15.6 Å². The third-order valence-electron chi connectivity index (χ3n) is 8.15. The first-order valence-electron chi connectivity index (χ1n) is 15.9. The van der Waals surface area contributed by atoms with Crippen LogP contribution in [-0.2, 0) is 37.8 Å². The normalized spacial score (nSPS) is 12.2. The Morgan fingerprint density at radius 3 is 2.23 bits per heavy atom. The number of anilines is 2. The van der Waals surface area contributed by atoms with Gasteiger partial charge in [-0.05, 0) is 54.1 Å². The van der Waals surface area contributed by atoms with Crippen molar-refractivity contribution in [1.82, 2.24) is 19.4 Å². The Kier molecular flexibility index (Phi) is 10.6. The number of sulfonamides is 1. The molecule has 0 unspecified atom stereocenters. The summed E-state index contributed by atoms with van der Waals surface area (Å²) in [6, 6.07) is 12.0. The molecule has 0 aliphatic rings. The molecule has 5 aromatic rings. The van der Waals surface area contributed by atoms with Crippen LogP contribution in [0.15, 0.2) is 93.6 Å². The highest BCUT2D eigenvalue weighted by molar-refractivity contribution is 7.92.